The number of halogens is 1. The third-order valence-corrected chi connectivity index (χ3v) is 4.67. The highest BCUT2D eigenvalue weighted by atomic mass is 35.5. The maximum atomic E-state index is 12.2. The first-order chi connectivity index (χ1) is 12.5. The lowest BCUT2D eigenvalue weighted by atomic mass is 10.2. The zero-order valence-electron chi connectivity index (χ0n) is 13.5. The Morgan fingerprint density at radius 1 is 1.08 bits per heavy atom. The zero-order valence-corrected chi connectivity index (χ0v) is 15.1. The molecule has 1 heterocycles. The van der Waals surface area contributed by atoms with Gasteiger partial charge in [-0.05, 0) is 24.3 Å². The van der Waals surface area contributed by atoms with Crippen molar-refractivity contribution >= 4 is 46.3 Å². The number of amides is 3. The van der Waals surface area contributed by atoms with E-state index in [0.717, 1.165) is 10.6 Å². The number of benzene rings is 2. The van der Waals surface area contributed by atoms with Crippen LogP contribution in [0, 0.1) is 0 Å². The van der Waals surface area contributed by atoms with Crippen molar-refractivity contribution < 1.29 is 9.59 Å². The second-order valence-electron chi connectivity index (χ2n) is 5.42. The van der Waals surface area contributed by atoms with Crippen LogP contribution in [0.1, 0.15) is 5.69 Å². The Labute approximate surface area is 159 Å². The molecule has 1 aromatic heterocycles. The molecular formula is C18H15ClN4O2S. The highest BCUT2D eigenvalue weighted by Crippen LogP contribution is 2.30. The fourth-order valence-corrected chi connectivity index (χ4v) is 3.47. The summed E-state index contributed by atoms with van der Waals surface area (Å²) in [6, 6.07) is 13.5. The van der Waals surface area contributed by atoms with Gasteiger partial charge in [0.15, 0.2) is 0 Å². The zero-order chi connectivity index (χ0) is 18.5. The first-order valence-corrected chi connectivity index (χ1v) is 8.93. The lowest BCUT2D eigenvalue weighted by Gasteiger charge is -2.07. The summed E-state index contributed by atoms with van der Waals surface area (Å²) in [5.41, 5.74) is 7.65. The summed E-state index contributed by atoms with van der Waals surface area (Å²) in [5, 5.41) is 8.46. The van der Waals surface area contributed by atoms with Crippen molar-refractivity contribution in [1.29, 1.82) is 0 Å². The van der Waals surface area contributed by atoms with Gasteiger partial charge >= 0.3 is 6.03 Å². The van der Waals surface area contributed by atoms with Gasteiger partial charge in [-0.2, -0.15) is 0 Å². The summed E-state index contributed by atoms with van der Waals surface area (Å²) >= 11 is 7.62. The van der Waals surface area contributed by atoms with Crippen molar-refractivity contribution in [2.24, 2.45) is 5.73 Å². The summed E-state index contributed by atoms with van der Waals surface area (Å²) in [6.45, 7) is 0. The molecule has 0 spiro atoms. The smallest absolute Gasteiger partial charge is 0.316 e. The second kappa shape index (κ2) is 7.99. The van der Waals surface area contributed by atoms with Crippen LogP contribution in [0.4, 0.5) is 16.2 Å². The average Bonchev–Trinajstić information content (AvgIpc) is 3.03. The van der Waals surface area contributed by atoms with E-state index in [0.29, 0.717) is 22.1 Å². The van der Waals surface area contributed by atoms with E-state index in [1.165, 1.54) is 11.3 Å². The Kier molecular flexibility index (Phi) is 5.50. The molecule has 3 rings (SSSR count). The molecule has 8 heteroatoms. The Morgan fingerprint density at radius 2 is 1.81 bits per heavy atom. The first-order valence-electron chi connectivity index (χ1n) is 7.67. The normalized spacial score (nSPS) is 10.3. The van der Waals surface area contributed by atoms with E-state index >= 15 is 0 Å². The van der Waals surface area contributed by atoms with Gasteiger partial charge in [-0.1, -0.05) is 35.9 Å². The van der Waals surface area contributed by atoms with Crippen LogP contribution >= 0.6 is 22.9 Å². The molecule has 0 unspecified atom stereocenters. The van der Waals surface area contributed by atoms with E-state index in [-0.39, 0.29) is 12.3 Å². The fraction of sp³-hybridized carbons (Fsp3) is 0.0556. The van der Waals surface area contributed by atoms with Crippen LogP contribution in [0.15, 0.2) is 53.9 Å². The second-order valence-corrected chi connectivity index (χ2v) is 6.68. The largest absolute Gasteiger partial charge is 0.351 e. The molecule has 0 saturated heterocycles. The van der Waals surface area contributed by atoms with Gasteiger partial charge in [-0.3, -0.25) is 4.79 Å². The van der Waals surface area contributed by atoms with Crippen molar-refractivity contribution in [3.05, 3.63) is 64.6 Å². The van der Waals surface area contributed by atoms with Crippen LogP contribution in [0.5, 0.6) is 0 Å². The SMILES string of the molecule is NC(=O)Nc1cccc(NC(=O)Cc2csc(-c3ccccc3Cl)n2)c1. The maximum absolute atomic E-state index is 12.2. The van der Waals surface area contributed by atoms with Crippen LogP contribution in [0.25, 0.3) is 10.6 Å². The third kappa shape index (κ3) is 4.59. The highest BCUT2D eigenvalue weighted by molar-refractivity contribution is 7.13. The summed E-state index contributed by atoms with van der Waals surface area (Å²) in [7, 11) is 0. The number of hydrogen-bond acceptors (Lipinski definition) is 4. The molecule has 0 aliphatic rings. The molecule has 0 bridgehead atoms. The Morgan fingerprint density at radius 3 is 2.54 bits per heavy atom. The third-order valence-electron chi connectivity index (χ3n) is 3.41. The van der Waals surface area contributed by atoms with Crippen molar-refractivity contribution in [3.8, 4) is 10.6 Å². The van der Waals surface area contributed by atoms with Crippen molar-refractivity contribution in [2.45, 2.75) is 6.42 Å². The van der Waals surface area contributed by atoms with Gasteiger partial charge in [-0.25, -0.2) is 9.78 Å². The average molecular weight is 387 g/mol. The number of primary amides is 1. The Hall–Kier alpha value is -2.90. The molecule has 0 aliphatic carbocycles. The lowest BCUT2D eigenvalue weighted by molar-refractivity contribution is -0.115. The topological polar surface area (TPSA) is 97.1 Å². The van der Waals surface area contributed by atoms with Gasteiger partial charge in [0.25, 0.3) is 0 Å². The predicted octanol–water partition coefficient (Wildman–Crippen LogP) is 4.14. The monoisotopic (exact) mass is 386 g/mol. The van der Waals surface area contributed by atoms with E-state index in [9.17, 15) is 9.59 Å². The maximum Gasteiger partial charge on any atom is 0.316 e. The van der Waals surface area contributed by atoms with E-state index < -0.39 is 6.03 Å². The van der Waals surface area contributed by atoms with E-state index in [1.54, 1.807) is 30.3 Å². The molecule has 0 aliphatic heterocycles. The van der Waals surface area contributed by atoms with E-state index in [2.05, 4.69) is 15.6 Å². The standard InChI is InChI=1S/C18H15ClN4O2S/c19-15-7-2-1-6-14(15)17-22-13(10-26-17)9-16(24)21-11-4-3-5-12(8-11)23-18(20)25/h1-8,10H,9H2,(H,21,24)(H3,20,23,25). The van der Waals surface area contributed by atoms with Gasteiger partial charge in [-0.15, -0.1) is 11.3 Å². The minimum atomic E-state index is -0.664. The summed E-state index contributed by atoms with van der Waals surface area (Å²) in [5.74, 6) is -0.211. The van der Waals surface area contributed by atoms with Crippen LogP contribution in [0.2, 0.25) is 5.02 Å². The number of hydrogen-bond donors (Lipinski definition) is 3. The molecule has 4 N–H and O–H groups in total. The highest BCUT2D eigenvalue weighted by Gasteiger charge is 2.11. The van der Waals surface area contributed by atoms with Crippen LogP contribution < -0.4 is 16.4 Å². The molecule has 6 nitrogen and oxygen atoms in total. The van der Waals surface area contributed by atoms with Gasteiger partial charge < -0.3 is 16.4 Å². The van der Waals surface area contributed by atoms with Gasteiger partial charge in [0.2, 0.25) is 5.91 Å². The Bertz CT molecular complexity index is 958. The van der Waals surface area contributed by atoms with Crippen LogP contribution in [0.3, 0.4) is 0 Å². The lowest BCUT2D eigenvalue weighted by Crippen LogP contribution is -2.19. The fourth-order valence-electron chi connectivity index (χ4n) is 2.33. The molecule has 0 saturated carbocycles. The first kappa shape index (κ1) is 17.9. The summed E-state index contributed by atoms with van der Waals surface area (Å²) in [6.07, 6.45) is 0.133. The number of anilines is 2. The van der Waals surface area contributed by atoms with E-state index in [1.807, 2.05) is 23.6 Å². The number of nitrogens with zero attached hydrogens (tertiary/aromatic N) is 1. The molecule has 26 heavy (non-hydrogen) atoms. The molecule has 0 atom stereocenters. The number of nitrogens with two attached hydrogens (primary N) is 1. The number of rotatable bonds is 5. The molecule has 2 aromatic carbocycles. The van der Waals surface area contributed by atoms with Gasteiger partial charge in [0, 0.05) is 22.3 Å². The summed E-state index contributed by atoms with van der Waals surface area (Å²) < 4.78 is 0. The molecule has 0 fully saturated rings. The number of thiazole rings is 1. The number of carbonyl (C=O) groups is 2. The molecular weight excluding hydrogens is 372 g/mol. The van der Waals surface area contributed by atoms with Crippen LogP contribution in [-0.4, -0.2) is 16.9 Å². The minimum absolute atomic E-state index is 0.133. The number of aromatic nitrogens is 1. The molecule has 3 aromatic rings. The summed E-state index contributed by atoms with van der Waals surface area (Å²) in [4.78, 5) is 27.6. The van der Waals surface area contributed by atoms with Gasteiger partial charge in [0.05, 0.1) is 17.1 Å². The molecule has 3 amide bonds. The van der Waals surface area contributed by atoms with E-state index in [4.69, 9.17) is 17.3 Å². The van der Waals surface area contributed by atoms with Crippen LogP contribution in [-0.2, 0) is 11.2 Å². The number of urea groups is 1. The predicted molar refractivity (Wildman–Crippen MR) is 105 cm³/mol. The van der Waals surface area contributed by atoms with Gasteiger partial charge in [0.1, 0.15) is 5.01 Å². The van der Waals surface area contributed by atoms with Crippen molar-refractivity contribution in [3.63, 3.8) is 0 Å². The quantitative estimate of drug-likeness (QED) is 0.614. The van der Waals surface area contributed by atoms with Crippen molar-refractivity contribution in [1.82, 2.24) is 4.98 Å². The molecule has 132 valence electrons. The Balaban J connectivity index is 1.66. The number of nitrogens with one attached hydrogen (secondary N) is 2. The minimum Gasteiger partial charge on any atom is -0.351 e. The number of carbonyl (C=O) groups excluding carboxylic acids is 2. The van der Waals surface area contributed by atoms with Crippen molar-refractivity contribution in [2.75, 3.05) is 10.6 Å². The molecule has 0 radical (unpaired) electrons.